The Morgan fingerprint density at radius 3 is 2.68 bits per heavy atom. The molecular formula is C18H21BrF3N3O2S. The number of hydrogen-bond acceptors (Lipinski definition) is 4. The number of alkyl halides is 3. The second-order valence-corrected chi connectivity index (χ2v) is 8.23. The summed E-state index contributed by atoms with van der Waals surface area (Å²) in [5.74, 6) is -0.901. The van der Waals surface area contributed by atoms with Gasteiger partial charge < -0.3 is 4.90 Å². The van der Waals surface area contributed by atoms with Gasteiger partial charge in [0, 0.05) is 18.1 Å². The second-order valence-electron chi connectivity index (χ2n) is 6.37. The molecule has 0 unspecified atom stereocenters. The van der Waals surface area contributed by atoms with E-state index in [0.29, 0.717) is 27.5 Å². The van der Waals surface area contributed by atoms with Gasteiger partial charge in [0.25, 0.3) is 5.56 Å². The van der Waals surface area contributed by atoms with Gasteiger partial charge in [-0.15, -0.1) is 0 Å². The van der Waals surface area contributed by atoms with E-state index in [1.807, 2.05) is 6.92 Å². The Hall–Kier alpha value is -1.55. The number of nitrogens with zero attached hydrogens (tertiary/aromatic N) is 3. The molecule has 1 aromatic heterocycles. The highest BCUT2D eigenvalue weighted by Gasteiger charge is 2.31. The van der Waals surface area contributed by atoms with Crippen molar-refractivity contribution in [2.75, 3.05) is 19.3 Å². The van der Waals surface area contributed by atoms with Gasteiger partial charge in [-0.3, -0.25) is 14.2 Å². The fourth-order valence-corrected chi connectivity index (χ4v) is 3.92. The van der Waals surface area contributed by atoms with E-state index in [2.05, 4.69) is 20.9 Å². The first-order valence-corrected chi connectivity index (χ1v) is 10.5. The van der Waals surface area contributed by atoms with Crippen LogP contribution in [0.5, 0.6) is 0 Å². The molecule has 0 spiro atoms. The molecule has 0 aliphatic rings. The van der Waals surface area contributed by atoms with Crippen LogP contribution in [0.25, 0.3) is 10.9 Å². The van der Waals surface area contributed by atoms with Crippen LogP contribution in [0.1, 0.15) is 26.2 Å². The zero-order valence-electron chi connectivity index (χ0n) is 15.6. The minimum atomic E-state index is -4.45. The summed E-state index contributed by atoms with van der Waals surface area (Å²) >= 11 is 4.32. The smallest absolute Gasteiger partial charge is 0.336 e. The molecule has 2 aromatic rings. The maximum Gasteiger partial charge on any atom is 0.406 e. The molecule has 154 valence electrons. The number of aromatic nitrogens is 2. The highest BCUT2D eigenvalue weighted by Crippen LogP contribution is 2.22. The van der Waals surface area contributed by atoms with Crippen LogP contribution in [0.15, 0.2) is 32.6 Å². The van der Waals surface area contributed by atoms with Crippen molar-refractivity contribution in [3.05, 3.63) is 33.0 Å². The number of fused-ring (bicyclic) bond motifs is 1. The number of carbonyl (C=O) groups is 1. The van der Waals surface area contributed by atoms with Crippen molar-refractivity contribution in [2.45, 2.75) is 44.1 Å². The predicted molar refractivity (Wildman–Crippen MR) is 108 cm³/mol. The minimum Gasteiger partial charge on any atom is -0.336 e. The average molecular weight is 480 g/mol. The molecule has 0 atom stereocenters. The summed E-state index contributed by atoms with van der Waals surface area (Å²) in [6, 6.07) is 5.14. The van der Waals surface area contributed by atoms with Gasteiger partial charge in [-0.05, 0) is 24.6 Å². The first kappa shape index (κ1) is 22.7. The van der Waals surface area contributed by atoms with E-state index in [-0.39, 0.29) is 11.3 Å². The number of carbonyl (C=O) groups excluding carboxylic acids is 1. The quantitative estimate of drug-likeness (QED) is 0.318. The van der Waals surface area contributed by atoms with Crippen LogP contribution in [0.3, 0.4) is 0 Å². The first-order chi connectivity index (χ1) is 13.1. The average Bonchev–Trinajstić information content (AvgIpc) is 2.61. The van der Waals surface area contributed by atoms with Crippen molar-refractivity contribution in [3.8, 4) is 0 Å². The molecule has 1 aromatic carbocycles. The largest absolute Gasteiger partial charge is 0.406 e. The minimum absolute atomic E-state index is 0.221. The third kappa shape index (κ3) is 6.23. The lowest BCUT2D eigenvalue weighted by Gasteiger charge is -2.19. The predicted octanol–water partition coefficient (Wildman–Crippen LogP) is 4.46. The summed E-state index contributed by atoms with van der Waals surface area (Å²) in [6.07, 6.45) is -1.77. The third-order valence-electron chi connectivity index (χ3n) is 4.03. The number of unbranched alkanes of at least 4 members (excludes halogenated alkanes) is 2. The number of halogens is 4. The number of amides is 1. The van der Waals surface area contributed by atoms with Crippen LogP contribution in [-0.4, -0.2) is 45.9 Å². The fourth-order valence-electron chi connectivity index (χ4n) is 2.59. The Balaban J connectivity index is 2.28. The van der Waals surface area contributed by atoms with Crippen molar-refractivity contribution in [1.29, 1.82) is 0 Å². The molecule has 1 heterocycles. The molecule has 0 aliphatic carbocycles. The van der Waals surface area contributed by atoms with E-state index in [0.717, 1.165) is 42.5 Å². The Bertz CT molecular complexity index is 902. The normalized spacial score (nSPS) is 11.8. The standard InChI is InChI=1S/C18H21BrF3N3O2S/c1-3-4-5-8-25-16(27)13-9-12(19)6-7-14(13)23-17(25)28-10-15(26)24(2)11-18(20,21)22/h6-7,9H,3-5,8,10-11H2,1-2H3. The molecule has 10 heteroatoms. The van der Waals surface area contributed by atoms with Gasteiger partial charge in [0.15, 0.2) is 5.16 Å². The summed E-state index contributed by atoms with van der Waals surface area (Å²) in [4.78, 5) is 30.1. The fraction of sp³-hybridized carbons (Fsp3) is 0.500. The summed E-state index contributed by atoms with van der Waals surface area (Å²) < 4.78 is 39.7. The molecule has 0 N–H and O–H groups in total. The number of rotatable bonds is 8. The summed E-state index contributed by atoms with van der Waals surface area (Å²) in [6.45, 7) is 1.18. The maximum absolute atomic E-state index is 12.9. The molecule has 0 aliphatic heterocycles. The lowest BCUT2D eigenvalue weighted by Crippen LogP contribution is -2.37. The zero-order valence-corrected chi connectivity index (χ0v) is 18.0. The van der Waals surface area contributed by atoms with Crippen LogP contribution in [0.2, 0.25) is 0 Å². The Kier molecular flexibility index (Phi) is 7.94. The zero-order chi connectivity index (χ0) is 20.9. The van der Waals surface area contributed by atoms with E-state index >= 15 is 0 Å². The molecule has 0 radical (unpaired) electrons. The monoisotopic (exact) mass is 479 g/mol. The lowest BCUT2D eigenvalue weighted by atomic mass is 10.2. The van der Waals surface area contributed by atoms with Crippen molar-refractivity contribution in [1.82, 2.24) is 14.5 Å². The number of benzene rings is 1. The molecule has 0 fully saturated rings. The Morgan fingerprint density at radius 1 is 1.32 bits per heavy atom. The molecule has 2 rings (SSSR count). The van der Waals surface area contributed by atoms with E-state index in [1.54, 1.807) is 18.2 Å². The van der Waals surface area contributed by atoms with Crippen LogP contribution in [0.4, 0.5) is 13.2 Å². The second kappa shape index (κ2) is 9.78. The maximum atomic E-state index is 12.9. The number of hydrogen-bond donors (Lipinski definition) is 0. The molecule has 0 bridgehead atoms. The van der Waals surface area contributed by atoms with E-state index in [1.165, 1.54) is 4.57 Å². The van der Waals surface area contributed by atoms with Crippen molar-refractivity contribution < 1.29 is 18.0 Å². The van der Waals surface area contributed by atoms with Gasteiger partial charge in [-0.25, -0.2) is 4.98 Å². The van der Waals surface area contributed by atoms with Crippen LogP contribution >= 0.6 is 27.7 Å². The highest BCUT2D eigenvalue weighted by atomic mass is 79.9. The number of thioether (sulfide) groups is 1. The molecule has 5 nitrogen and oxygen atoms in total. The Morgan fingerprint density at radius 2 is 2.04 bits per heavy atom. The molecular weight excluding hydrogens is 459 g/mol. The van der Waals surface area contributed by atoms with Gasteiger partial charge in [0.05, 0.1) is 16.7 Å². The van der Waals surface area contributed by atoms with Crippen LogP contribution in [0, 0.1) is 0 Å². The third-order valence-corrected chi connectivity index (χ3v) is 5.49. The van der Waals surface area contributed by atoms with Crippen molar-refractivity contribution in [2.24, 2.45) is 0 Å². The van der Waals surface area contributed by atoms with Gasteiger partial charge in [-0.2, -0.15) is 13.2 Å². The van der Waals surface area contributed by atoms with Crippen LogP contribution < -0.4 is 5.56 Å². The van der Waals surface area contributed by atoms with E-state index in [9.17, 15) is 22.8 Å². The van der Waals surface area contributed by atoms with Gasteiger partial charge in [0.2, 0.25) is 5.91 Å². The molecule has 1 amide bonds. The van der Waals surface area contributed by atoms with Crippen molar-refractivity contribution in [3.63, 3.8) is 0 Å². The first-order valence-electron chi connectivity index (χ1n) is 8.76. The highest BCUT2D eigenvalue weighted by molar-refractivity contribution is 9.10. The molecule has 0 saturated carbocycles. The lowest BCUT2D eigenvalue weighted by molar-refractivity contribution is -0.156. The summed E-state index contributed by atoms with van der Waals surface area (Å²) in [7, 11) is 1.11. The van der Waals surface area contributed by atoms with E-state index < -0.39 is 18.6 Å². The van der Waals surface area contributed by atoms with Crippen molar-refractivity contribution >= 4 is 44.5 Å². The summed E-state index contributed by atoms with van der Waals surface area (Å²) in [5, 5.41) is 0.792. The topological polar surface area (TPSA) is 55.2 Å². The molecule has 0 saturated heterocycles. The van der Waals surface area contributed by atoms with Gasteiger partial charge in [0.1, 0.15) is 6.54 Å². The summed E-state index contributed by atoms with van der Waals surface area (Å²) in [5.41, 5.74) is 0.263. The van der Waals surface area contributed by atoms with Gasteiger partial charge >= 0.3 is 6.18 Å². The van der Waals surface area contributed by atoms with Crippen LogP contribution in [-0.2, 0) is 11.3 Å². The Labute approximate surface area is 173 Å². The molecule has 28 heavy (non-hydrogen) atoms. The SMILES string of the molecule is CCCCCn1c(SCC(=O)N(C)CC(F)(F)F)nc2ccc(Br)cc2c1=O. The van der Waals surface area contributed by atoms with E-state index in [4.69, 9.17) is 0 Å². The van der Waals surface area contributed by atoms with Gasteiger partial charge in [-0.1, -0.05) is 47.5 Å².